The molecule has 0 aliphatic carbocycles. The molecule has 1 heterocycles. The van der Waals surface area contributed by atoms with Gasteiger partial charge in [0.2, 0.25) is 0 Å². The Morgan fingerprint density at radius 3 is 2.60 bits per heavy atom. The molecule has 2 rings (SSSR count). The van der Waals surface area contributed by atoms with E-state index in [0.29, 0.717) is 6.42 Å². The van der Waals surface area contributed by atoms with Gasteiger partial charge in [0.1, 0.15) is 0 Å². The van der Waals surface area contributed by atoms with Crippen molar-refractivity contribution in [3.05, 3.63) is 47.8 Å². The predicted octanol–water partition coefficient (Wildman–Crippen LogP) is 3.96. The summed E-state index contributed by atoms with van der Waals surface area (Å²) in [5.41, 5.74) is 2.94. The fourth-order valence-corrected chi connectivity index (χ4v) is 2.20. The molecule has 4 nitrogen and oxygen atoms in total. The summed E-state index contributed by atoms with van der Waals surface area (Å²) in [6.45, 7) is 4.15. The number of nitrogens with zero attached hydrogens (tertiary/aromatic N) is 1. The van der Waals surface area contributed by atoms with Crippen molar-refractivity contribution in [1.29, 1.82) is 0 Å². The van der Waals surface area contributed by atoms with E-state index in [0.717, 1.165) is 29.7 Å². The van der Waals surface area contributed by atoms with Gasteiger partial charge in [0.15, 0.2) is 5.78 Å². The fourth-order valence-electron chi connectivity index (χ4n) is 2.20. The minimum Gasteiger partial charge on any atom is -0.378 e. The van der Waals surface area contributed by atoms with E-state index in [1.807, 2.05) is 43.6 Å². The highest BCUT2D eigenvalue weighted by atomic mass is 16.1. The van der Waals surface area contributed by atoms with Crippen LogP contribution in [0.5, 0.6) is 0 Å². The number of carbonyl (C=O) groups excluding carboxylic acids is 1. The van der Waals surface area contributed by atoms with Crippen molar-refractivity contribution in [2.75, 3.05) is 5.32 Å². The SMILES string of the molecule is CCCC(=O)c1ccc(NC(CC)c2cn[nH]c2)cc1. The van der Waals surface area contributed by atoms with Gasteiger partial charge in [-0.1, -0.05) is 13.8 Å². The van der Waals surface area contributed by atoms with E-state index in [2.05, 4.69) is 22.4 Å². The van der Waals surface area contributed by atoms with E-state index >= 15 is 0 Å². The molecule has 1 unspecified atom stereocenters. The Hall–Kier alpha value is -2.10. The summed E-state index contributed by atoms with van der Waals surface area (Å²) in [5, 5.41) is 10.3. The Bertz CT molecular complexity index is 531. The number of nitrogens with one attached hydrogen (secondary N) is 2. The average molecular weight is 271 g/mol. The Morgan fingerprint density at radius 1 is 1.30 bits per heavy atom. The standard InChI is InChI=1S/C16H21N3O/c1-3-5-16(20)12-6-8-14(9-7-12)19-15(4-2)13-10-17-18-11-13/h6-11,15,19H,3-5H2,1-2H3,(H,17,18). The highest BCUT2D eigenvalue weighted by Gasteiger charge is 2.10. The Kier molecular flexibility index (Phi) is 4.93. The molecule has 2 N–H and O–H groups in total. The molecular weight excluding hydrogens is 250 g/mol. The van der Waals surface area contributed by atoms with Crippen LogP contribution in [0, 0.1) is 0 Å². The first kappa shape index (κ1) is 14.3. The summed E-state index contributed by atoms with van der Waals surface area (Å²) in [6, 6.07) is 7.94. The number of anilines is 1. The zero-order valence-electron chi connectivity index (χ0n) is 12.0. The number of H-pyrrole nitrogens is 1. The molecule has 1 atom stereocenters. The molecule has 2 aromatic rings. The Morgan fingerprint density at radius 2 is 2.05 bits per heavy atom. The zero-order valence-corrected chi connectivity index (χ0v) is 12.0. The molecule has 0 saturated carbocycles. The first-order valence-electron chi connectivity index (χ1n) is 7.13. The third-order valence-electron chi connectivity index (χ3n) is 3.35. The van der Waals surface area contributed by atoms with Gasteiger partial charge < -0.3 is 5.32 Å². The molecule has 0 bridgehead atoms. The van der Waals surface area contributed by atoms with Crippen LogP contribution in [0.4, 0.5) is 5.69 Å². The lowest BCUT2D eigenvalue weighted by molar-refractivity contribution is 0.0982. The van der Waals surface area contributed by atoms with Crippen LogP contribution in [-0.2, 0) is 0 Å². The minimum absolute atomic E-state index is 0.209. The third-order valence-corrected chi connectivity index (χ3v) is 3.35. The number of ketones is 1. The normalized spacial score (nSPS) is 12.1. The number of hydrogen-bond donors (Lipinski definition) is 2. The molecule has 20 heavy (non-hydrogen) atoms. The minimum atomic E-state index is 0.209. The first-order chi connectivity index (χ1) is 9.74. The molecule has 0 fully saturated rings. The fraction of sp³-hybridized carbons (Fsp3) is 0.375. The van der Waals surface area contributed by atoms with Gasteiger partial charge >= 0.3 is 0 Å². The van der Waals surface area contributed by atoms with Crippen molar-refractivity contribution in [2.45, 2.75) is 39.2 Å². The second-order valence-electron chi connectivity index (χ2n) is 4.89. The lowest BCUT2D eigenvalue weighted by Crippen LogP contribution is -2.09. The number of hydrogen-bond acceptors (Lipinski definition) is 3. The quantitative estimate of drug-likeness (QED) is 0.749. The Labute approximate surface area is 119 Å². The maximum atomic E-state index is 11.8. The molecule has 0 radical (unpaired) electrons. The summed E-state index contributed by atoms with van der Waals surface area (Å²) >= 11 is 0. The van der Waals surface area contributed by atoms with E-state index in [1.54, 1.807) is 0 Å². The van der Waals surface area contributed by atoms with Crippen LogP contribution in [0.25, 0.3) is 0 Å². The molecule has 1 aromatic heterocycles. The molecule has 0 aliphatic rings. The zero-order chi connectivity index (χ0) is 14.4. The van der Waals surface area contributed by atoms with Crippen LogP contribution in [0.1, 0.15) is 55.1 Å². The summed E-state index contributed by atoms with van der Waals surface area (Å²) in [4.78, 5) is 11.8. The van der Waals surface area contributed by atoms with Crippen LogP contribution in [0.2, 0.25) is 0 Å². The molecule has 0 amide bonds. The second-order valence-corrected chi connectivity index (χ2v) is 4.89. The molecule has 106 valence electrons. The lowest BCUT2D eigenvalue weighted by atomic mass is 10.1. The van der Waals surface area contributed by atoms with Gasteiger partial charge in [-0.25, -0.2) is 0 Å². The van der Waals surface area contributed by atoms with Crippen molar-refractivity contribution in [3.63, 3.8) is 0 Å². The van der Waals surface area contributed by atoms with Gasteiger partial charge in [0.05, 0.1) is 12.2 Å². The highest BCUT2D eigenvalue weighted by Crippen LogP contribution is 2.22. The maximum Gasteiger partial charge on any atom is 0.162 e. The van der Waals surface area contributed by atoms with Crippen LogP contribution in [-0.4, -0.2) is 16.0 Å². The van der Waals surface area contributed by atoms with Gasteiger partial charge in [0, 0.05) is 29.4 Å². The van der Waals surface area contributed by atoms with Crippen LogP contribution >= 0.6 is 0 Å². The largest absolute Gasteiger partial charge is 0.378 e. The van der Waals surface area contributed by atoms with Crippen molar-refractivity contribution >= 4 is 11.5 Å². The molecule has 1 aromatic carbocycles. The number of Topliss-reactive ketones (excluding diaryl/α,β-unsaturated/α-hetero) is 1. The van der Waals surface area contributed by atoms with Gasteiger partial charge in [-0.3, -0.25) is 9.89 Å². The molecule has 0 saturated heterocycles. The van der Waals surface area contributed by atoms with E-state index < -0.39 is 0 Å². The van der Waals surface area contributed by atoms with E-state index in [1.165, 1.54) is 0 Å². The monoisotopic (exact) mass is 271 g/mol. The molecular formula is C16H21N3O. The predicted molar refractivity (Wildman–Crippen MR) is 80.9 cm³/mol. The van der Waals surface area contributed by atoms with E-state index in [-0.39, 0.29) is 11.8 Å². The van der Waals surface area contributed by atoms with Gasteiger partial charge in [-0.2, -0.15) is 5.10 Å². The lowest BCUT2D eigenvalue weighted by Gasteiger charge is -2.17. The van der Waals surface area contributed by atoms with Crippen molar-refractivity contribution in [2.24, 2.45) is 0 Å². The third kappa shape index (κ3) is 3.47. The maximum absolute atomic E-state index is 11.8. The second kappa shape index (κ2) is 6.89. The average Bonchev–Trinajstić information content (AvgIpc) is 2.99. The smallest absolute Gasteiger partial charge is 0.162 e. The van der Waals surface area contributed by atoms with Crippen LogP contribution < -0.4 is 5.32 Å². The van der Waals surface area contributed by atoms with Gasteiger partial charge in [-0.05, 0) is 37.1 Å². The van der Waals surface area contributed by atoms with Crippen molar-refractivity contribution in [1.82, 2.24) is 10.2 Å². The van der Waals surface area contributed by atoms with Gasteiger partial charge in [-0.15, -0.1) is 0 Å². The Balaban J connectivity index is 2.04. The van der Waals surface area contributed by atoms with E-state index in [4.69, 9.17) is 0 Å². The number of carbonyl (C=O) groups is 1. The van der Waals surface area contributed by atoms with Crippen molar-refractivity contribution in [3.8, 4) is 0 Å². The topological polar surface area (TPSA) is 57.8 Å². The van der Waals surface area contributed by atoms with Gasteiger partial charge in [0.25, 0.3) is 0 Å². The van der Waals surface area contributed by atoms with Crippen LogP contribution in [0.15, 0.2) is 36.7 Å². The first-order valence-corrected chi connectivity index (χ1v) is 7.13. The van der Waals surface area contributed by atoms with Crippen molar-refractivity contribution < 1.29 is 4.79 Å². The number of rotatable bonds is 7. The number of benzene rings is 1. The summed E-state index contributed by atoms with van der Waals surface area (Å²) < 4.78 is 0. The molecule has 0 spiro atoms. The van der Waals surface area contributed by atoms with Crippen LogP contribution in [0.3, 0.4) is 0 Å². The summed E-state index contributed by atoms with van der Waals surface area (Å²) in [5.74, 6) is 0.209. The van der Waals surface area contributed by atoms with E-state index in [9.17, 15) is 4.79 Å². The highest BCUT2D eigenvalue weighted by molar-refractivity contribution is 5.96. The summed E-state index contributed by atoms with van der Waals surface area (Å²) in [7, 11) is 0. The number of aromatic nitrogens is 2. The summed E-state index contributed by atoms with van der Waals surface area (Å²) in [6.07, 6.45) is 6.20. The number of aromatic amines is 1. The molecule has 0 aliphatic heterocycles. The molecule has 4 heteroatoms.